The zero-order valence-electron chi connectivity index (χ0n) is 9.55. The number of hydrogen-bond donors (Lipinski definition) is 0. The average molecular weight is 304 g/mol. The van der Waals surface area contributed by atoms with Gasteiger partial charge in [0.2, 0.25) is 0 Å². The molecule has 0 N–H and O–H groups in total. The van der Waals surface area contributed by atoms with Crippen molar-refractivity contribution < 1.29 is 4.39 Å². The summed E-state index contributed by atoms with van der Waals surface area (Å²) in [6.45, 7) is 1.70. The van der Waals surface area contributed by atoms with Crippen molar-refractivity contribution >= 4 is 34.8 Å². The highest BCUT2D eigenvalue weighted by Gasteiger charge is 2.16. The third-order valence-electron chi connectivity index (χ3n) is 2.73. The van der Waals surface area contributed by atoms with Crippen molar-refractivity contribution in [2.75, 3.05) is 0 Å². The number of halogens is 4. The zero-order valence-corrected chi connectivity index (χ0v) is 11.8. The molecule has 0 fully saturated rings. The molecule has 0 radical (unpaired) electrons. The maximum absolute atomic E-state index is 13.2. The molecule has 4 heteroatoms. The number of aryl methyl sites for hydroxylation is 1. The summed E-state index contributed by atoms with van der Waals surface area (Å²) < 4.78 is 13.2. The van der Waals surface area contributed by atoms with Crippen LogP contribution in [0.2, 0.25) is 10.0 Å². The first-order valence-electron chi connectivity index (χ1n) is 5.34. The predicted octanol–water partition coefficient (Wildman–Crippen LogP) is 5.77. The fraction of sp³-hybridized carbons (Fsp3) is 0.143. The van der Waals surface area contributed by atoms with Crippen LogP contribution >= 0.6 is 34.8 Å². The first-order valence-corrected chi connectivity index (χ1v) is 6.54. The van der Waals surface area contributed by atoms with Crippen LogP contribution in [0, 0.1) is 12.7 Å². The third-order valence-corrected chi connectivity index (χ3v) is 4.05. The van der Waals surface area contributed by atoms with E-state index in [-0.39, 0.29) is 5.82 Å². The van der Waals surface area contributed by atoms with Gasteiger partial charge in [-0.25, -0.2) is 4.39 Å². The van der Waals surface area contributed by atoms with Crippen LogP contribution in [-0.4, -0.2) is 0 Å². The van der Waals surface area contributed by atoms with E-state index in [2.05, 4.69) is 0 Å². The van der Waals surface area contributed by atoms with E-state index in [0.717, 1.165) is 11.1 Å². The largest absolute Gasteiger partial charge is 0.207 e. The molecule has 1 unspecified atom stereocenters. The molecule has 0 saturated carbocycles. The molecule has 0 spiro atoms. The number of benzene rings is 2. The lowest BCUT2D eigenvalue weighted by Crippen LogP contribution is -1.96. The second-order valence-electron chi connectivity index (χ2n) is 4.01. The second-order valence-corrected chi connectivity index (χ2v) is 5.24. The van der Waals surface area contributed by atoms with Gasteiger partial charge in [-0.2, -0.15) is 0 Å². The van der Waals surface area contributed by atoms with Crippen LogP contribution in [0.1, 0.15) is 22.1 Å². The zero-order chi connectivity index (χ0) is 13.3. The molecular weight excluding hydrogens is 294 g/mol. The Hall–Kier alpha value is -0.760. The molecule has 0 nitrogen and oxygen atoms in total. The van der Waals surface area contributed by atoms with Crippen molar-refractivity contribution in [2.24, 2.45) is 0 Å². The summed E-state index contributed by atoms with van der Waals surface area (Å²) in [6, 6.07) is 10.1. The molecule has 2 aromatic rings. The Kier molecular flexibility index (Phi) is 4.16. The minimum absolute atomic E-state index is 0.250. The molecule has 94 valence electrons. The molecule has 0 saturated heterocycles. The van der Waals surface area contributed by atoms with Gasteiger partial charge in [-0.05, 0) is 35.7 Å². The normalized spacial score (nSPS) is 12.5. The fourth-order valence-corrected chi connectivity index (χ4v) is 2.51. The highest BCUT2D eigenvalue weighted by molar-refractivity contribution is 6.43. The molecule has 0 bridgehead atoms. The Bertz CT molecular complexity index is 581. The first-order chi connectivity index (χ1) is 8.50. The van der Waals surface area contributed by atoms with E-state index >= 15 is 0 Å². The van der Waals surface area contributed by atoms with Gasteiger partial charge in [-0.15, -0.1) is 11.6 Å². The summed E-state index contributed by atoms with van der Waals surface area (Å²) in [4.78, 5) is 0. The van der Waals surface area contributed by atoms with Gasteiger partial charge in [0, 0.05) is 0 Å². The van der Waals surface area contributed by atoms with Crippen molar-refractivity contribution in [1.82, 2.24) is 0 Å². The lowest BCUT2D eigenvalue weighted by molar-refractivity contribution is 0.617. The van der Waals surface area contributed by atoms with E-state index in [1.807, 2.05) is 6.07 Å². The molecule has 0 aromatic heterocycles. The van der Waals surface area contributed by atoms with Crippen LogP contribution in [0.3, 0.4) is 0 Å². The first kappa shape index (κ1) is 13.7. The predicted molar refractivity (Wildman–Crippen MR) is 75.3 cm³/mol. The molecular formula is C14H10Cl3F. The fourth-order valence-electron chi connectivity index (χ4n) is 1.72. The van der Waals surface area contributed by atoms with E-state index in [1.54, 1.807) is 31.2 Å². The van der Waals surface area contributed by atoms with E-state index in [9.17, 15) is 4.39 Å². The minimum atomic E-state index is -0.449. The molecule has 18 heavy (non-hydrogen) atoms. The Morgan fingerprint density at radius 1 is 1.11 bits per heavy atom. The summed E-state index contributed by atoms with van der Waals surface area (Å²) in [7, 11) is 0. The summed E-state index contributed by atoms with van der Waals surface area (Å²) >= 11 is 18.4. The summed E-state index contributed by atoms with van der Waals surface area (Å²) in [5.74, 6) is -0.250. The van der Waals surface area contributed by atoms with Crippen LogP contribution in [0.5, 0.6) is 0 Å². The van der Waals surface area contributed by atoms with E-state index in [4.69, 9.17) is 34.8 Å². The molecule has 0 aliphatic heterocycles. The van der Waals surface area contributed by atoms with Gasteiger partial charge >= 0.3 is 0 Å². The van der Waals surface area contributed by atoms with Crippen LogP contribution in [0.4, 0.5) is 4.39 Å². The molecule has 0 aliphatic rings. The molecule has 0 amide bonds. The van der Waals surface area contributed by atoms with Crippen LogP contribution < -0.4 is 0 Å². The number of alkyl halides is 1. The lowest BCUT2D eigenvalue weighted by Gasteiger charge is -2.13. The molecule has 0 heterocycles. The minimum Gasteiger partial charge on any atom is -0.207 e. The molecule has 2 aromatic carbocycles. The standard InChI is InChI=1S/C14H10Cl3F/c1-8-7-9(5-6-12(8)18)13(16)10-3-2-4-11(15)14(10)17/h2-7,13H,1H3. The second kappa shape index (κ2) is 5.48. The number of rotatable bonds is 2. The van der Waals surface area contributed by atoms with Gasteiger partial charge in [-0.3, -0.25) is 0 Å². The Balaban J connectivity index is 2.44. The van der Waals surface area contributed by atoms with Crippen LogP contribution in [0.25, 0.3) is 0 Å². The number of hydrogen-bond acceptors (Lipinski definition) is 0. The lowest BCUT2D eigenvalue weighted by atomic mass is 10.0. The Morgan fingerprint density at radius 3 is 2.50 bits per heavy atom. The van der Waals surface area contributed by atoms with E-state index in [1.165, 1.54) is 6.07 Å². The van der Waals surface area contributed by atoms with Gasteiger partial charge in [-0.1, -0.05) is 47.5 Å². The van der Waals surface area contributed by atoms with Gasteiger partial charge in [0.15, 0.2) is 0 Å². The van der Waals surface area contributed by atoms with Gasteiger partial charge in [0.1, 0.15) is 5.82 Å². The molecule has 1 atom stereocenters. The third kappa shape index (κ3) is 2.64. The van der Waals surface area contributed by atoms with Crippen molar-refractivity contribution in [2.45, 2.75) is 12.3 Å². The van der Waals surface area contributed by atoms with Crippen molar-refractivity contribution in [3.8, 4) is 0 Å². The van der Waals surface area contributed by atoms with E-state index < -0.39 is 5.38 Å². The van der Waals surface area contributed by atoms with E-state index in [0.29, 0.717) is 15.6 Å². The van der Waals surface area contributed by atoms with Crippen LogP contribution in [-0.2, 0) is 0 Å². The van der Waals surface area contributed by atoms with Crippen molar-refractivity contribution in [1.29, 1.82) is 0 Å². The smallest absolute Gasteiger partial charge is 0.126 e. The maximum Gasteiger partial charge on any atom is 0.126 e. The SMILES string of the molecule is Cc1cc(C(Cl)c2cccc(Cl)c2Cl)ccc1F. The monoisotopic (exact) mass is 302 g/mol. The summed E-state index contributed by atoms with van der Waals surface area (Å²) in [5, 5.41) is 0.440. The highest BCUT2D eigenvalue weighted by atomic mass is 35.5. The molecule has 0 aliphatic carbocycles. The maximum atomic E-state index is 13.2. The average Bonchev–Trinajstić information content (AvgIpc) is 2.35. The van der Waals surface area contributed by atoms with Gasteiger partial charge in [0.05, 0.1) is 15.4 Å². The topological polar surface area (TPSA) is 0 Å². The Morgan fingerprint density at radius 2 is 1.83 bits per heavy atom. The van der Waals surface area contributed by atoms with Gasteiger partial charge in [0.25, 0.3) is 0 Å². The highest BCUT2D eigenvalue weighted by Crippen LogP contribution is 2.37. The summed E-state index contributed by atoms with van der Waals surface area (Å²) in [5.41, 5.74) is 2.06. The van der Waals surface area contributed by atoms with Gasteiger partial charge < -0.3 is 0 Å². The quantitative estimate of drug-likeness (QED) is 0.618. The van der Waals surface area contributed by atoms with Crippen molar-refractivity contribution in [3.05, 3.63) is 69.0 Å². The van der Waals surface area contributed by atoms with Crippen LogP contribution in [0.15, 0.2) is 36.4 Å². The van der Waals surface area contributed by atoms with Crippen molar-refractivity contribution in [3.63, 3.8) is 0 Å². The Labute approximate surface area is 120 Å². The summed E-state index contributed by atoms with van der Waals surface area (Å²) in [6.07, 6.45) is 0. The molecule has 2 rings (SSSR count).